The van der Waals surface area contributed by atoms with Crippen molar-refractivity contribution in [2.24, 2.45) is 21.6 Å². The fraction of sp³-hybridized carbons (Fsp3) is 0.475. The van der Waals surface area contributed by atoms with Crippen molar-refractivity contribution in [1.29, 1.82) is 0 Å². The van der Waals surface area contributed by atoms with E-state index in [1.807, 2.05) is 30.3 Å². The molecule has 3 aromatic carbocycles. The summed E-state index contributed by atoms with van der Waals surface area (Å²) in [5.74, 6) is -0.177. The molecule has 2 heterocycles. The number of amidine groups is 2. The molecule has 12 heteroatoms. The molecular formula is C40H46F2N4O4S2. The third-order valence-corrected chi connectivity index (χ3v) is 13.5. The molecule has 7 rings (SSSR count). The van der Waals surface area contributed by atoms with Crippen molar-refractivity contribution in [1.82, 2.24) is 4.90 Å². The topological polar surface area (TPSA) is 121 Å². The molecular weight excluding hydrogens is 703 g/mol. The van der Waals surface area contributed by atoms with Crippen LogP contribution in [0.15, 0.2) is 88.8 Å². The molecule has 2 saturated carbocycles. The maximum Gasteiger partial charge on any atom is 0.413 e. The third-order valence-electron chi connectivity index (χ3n) is 11.4. The van der Waals surface area contributed by atoms with Gasteiger partial charge in [-0.15, -0.1) is 0 Å². The molecule has 0 saturated heterocycles. The van der Waals surface area contributed by atoms with Gasteiger partial charge >= 0.3 is 6.09 Å². The molecule has 2 aliphatic heterocycles. The van der Waals surface area contributed by atoms with Crippen molar-refractivity contribution < 1.29 is 28.5 Å². The van der Waals surface area contributed by atoms with Gasteiger partial charge in [-0.05, 0) is 70.1 Å². The monoisotopic (exact) mass is 748 g/mol. The molecule has 0 spiro atoms. The van der Waals surface area contributed by atoms with E-state index in [1.165, 1.54) is 40.6 Å². The van der Waals surface area contributed by atoms with E-state index in [1.54, 1.807) is 57.2 Å². The number of carboxylic acid groups (broad SMARTS) is 1. The third kappa shape index (κ3) is 6.23. The molecule has 1 amide bonds. The van der Waals surface area contributed by atoms with Crippen LogP contribution in [-0.4, -0.2) is 59.8 Å². The largest absolute Gasteiger partial charge is 0.465 e. The number of amides is 1. The predicted molar refractivity (Wildman–Crippen MR) is 204 cm³/mol. The van der Waals surface area contributed by atoms with Crippen molar-refractivity contribution >= 4 is 40.0 Å². The number of thioether (sulfide) groups is 2. The fourth-order valence-corrected chi connectivity index (χ4v) is 11.6. The Bertz CT molecular complexity index is 1890. The second-order valence-corrected chi connectivity index (χ2v) is 17.6. The average molecular weight is 749 g/mol. The lowest BCUT2D eigenvalue weighted by atomic mass is 9.61. The van der Waals surface area contributed by atoms with Gasteiger partial charge in [-0.1, -0.05) is 103 Å². The molecule has 2 fully saturated rings. The van der Waals surface area contributed by atoms with Crippen LogP contribution >= 0.6 is 23.5 Å². The SMILES string of the molecule is CC(C)(C)N(C(=O)O)C1=N[C@@]2(c3ccccc3F)C[C@@](O)(C(O[C@]34CCCC[C@@]3(c3ccccc3F)N=C(N)SC4)c3ccccc3)CC[C@H]2CS1. The normalized spacial score (nSPS) is 31.0. The summed E-state index contributed by atoms with van der Waals surface area (Å²) in [4.78, 5) is 24.2. The Kier molecular flexibility index (Phi) is 9.76. The molecule has 0 bridgehead atoms. The van der Waals surface area contributed by atoms with E-state index < -0.39 is 51.7 Å². The highest BCUT2D eigenvalue weighted by Gasteiger charge is 2.63. The smallest absolute Gasteiger partial charge is 0.413 e. The molecule has 4 N–H and O–H groups in total. The fourth-order valence-electron chi connectivity index (χ4n) is 9.03. The number of aliphatic hydroxyl groups is 1. The average Bonchev–Trinajstić information content (AvgIpc) is 3.10. The summed E-state index contributed by atoms with van der Waals surface area (Å²) in [6, 6.07) is 22.6. The lowest BCUT2D eigenvalue weighted by Gasteiger charge is -2.57. The quantitative estimate of drug-likeness (QED) is 0.231. The Morgan fingerprint density at radius 2 is 1.56 bits per heavy atom. The number of aliphatic imine (C=N–C) groups is 2. The zero-order valence-corrected chi connectivity index (χ0v) is 31.4. The van der Waals surface area contributed by atoms with Crippen LogP contribution in [0, 0.1) is 17.6 Å². The van der Waals surface area contributed by atoms with E-state index in [0.29, 0.717) is 53.5 Å². The van der Waals surface area contributed by atoms with Gasteiger partial charge in [0.1, 0.15) is 28.9 Å². The number of hydrogen-bond donors (Lipinski definition) is 3. The Balaban J connectivity index is 1.41. The Hall–Kier alpha value is -3.45. The summed E-state index contributed by atoms with van der Waals surface area (Å²) >= 11 is 2.72. The van der Waals surface area contributed by atoms with Crippen molar-refractivity contribution in [2.75, 3.05) is 11.5 Å². The van der Waals surface area contributed by atoms with Crippen molar-refractivity contribution in [3.05, 3.63) is 107 Å². The minimum Gasteiger partial charge on any atom is -0.465 e. The van der Waals surface area contributed by atoms with Crippen molar-refractivity contribution in [3.8, 4) is 0 Å². The molecule has 0 aromatic heterocycles. The van der Waals surface area contributed by atoms with E-state index in [4.69, 9.17) is 20.5 Å². The molecule has 0 radical (unpaired) electrons. The van der Waals surface area contributed by atoms with E-state index >= 15 is 8.78 Å². The highest BCUT2D eigenvalue weighted by molar-refractivity contribution is 8.14. The van der Waals surface area contributed by atoms with Crippen LogP contribution in [0.25, 0.3) is 0 Å². The molecule has 2 aliphatic carbocycles. The number of benzene rings is 3. The summed E-state index contributed by atoms with van der Waals surface area (Å²) in [7, 11) is 0. The van der Waals surface area contributed by atoms with Gasteiger partial charge in [-0.2, -0.15) is 0 Å². The van der Waals surface area contributed by atoms with Gasteiger partial charge in [0.05, 0.1) is 11.1 Å². The number of nitrogens with two attached hydrogens (primary N) is 1. The molecule has 52 heavy (non-hydrogen) atoms. The summed E-state index contributed by atoms with van der Waals surface area (Å²) in [5, 5.41) is 24.3. The van der Waals surface area contributed by atoms with Crippen LogP contribution in [0.3, 0.4) is 0 Å². The van der Waals surface area contributed by atoms with E-state index in [2.05, 4.69) is 0 Å². The second kappa shape index (κ2) is 13.8. The standard InChI is InChI=1S/C40H46F2N4O4S2/c1-36(2,3)46(35(47)48)34-45-39(28-15-7-9-17-30(28)41)24-37(49,22-19-27(39)23-51-34)32(26-13-5-4-6-14-26)50-38-20-11-12-21-40(38,44-33(43)52-25-38)29-16-8-10-18-31(29)42/h4-10,13-18,27,32,49H,11-12,19-25H2,1-3H3,(H2,43,44)(H,47,48)/t27-,32?,37+,38-,39-,40-/m0/s1. The first kappa shape index (κ1) is 36.9. The van der Waals surface area contributed by atoms with Crippen molar-refractivity contribution in [3.63, 3.8) is 0 Å². The van der Waals surface area contributed by atoms with Gasteiger partial charge < -0.3 is 20.7 Å². The first-order valence-electron chi connectivity index (χ1n) is 17.9. The highest BCUT2D eigenvalue weighted by Crippen LogP contribution is 2.60. The zero-order chi connectivity index (χ0) is 36.9. The molecule has 276 valence electrons. The van der Waals surface area contributed by atoms with Crippen LogP contribution in [0.2, 0.25) is 0 Å². The number of nitrogens with zero attached hydrogens (tertiary/aromatic N) is 3. The summed E-state index contributed by atoms with van der Waals surface area (Å²) in [6.45, 7) is 5.39. The summed E-state index contributed by atoms with van der Waals surface area (Å²) in [6.07, 6.45) is 1.34. The van der Waals surface area contributed by atoms with E-state index in [0.717, 1.165) is 18.4 Å². The Labute approximate surface area is 312 Å². The molecule has 3 aromatic rings. The van der Waals surface area contributed by atoms with Gasteiger partial charge in [0.25, 0.3) is 0 Å². The Morgan fingerprint density at radius 1 is 0.923 bits per heavy atom. The molecule has 1 unspecified atom stereocenters. The van der Waals surface area contributed by atoms with Crippen LogP contribution < -0.4 is 5.73 Å². The molecule has 8 nitrogen and oxygen atoms in total. The minimum atomic E-state index is -1.61. The van der Waals surface area contributed by atoms with Gasteiger partial charge in [0.15, 0.2) is 10.3 Å². The van der Waals surface area contributed by atoms with Gasteiger partial charge in [-0.25, -0.2) is 23.6 Å². The van der Waals surface area contributed by atoms with Crippen LogP contribution in [0.4, 0.5) is 13.6 Å². The van der Waals surface area contributed by atoms with Gasteiger partial charge in [-0.3, -0.25) is 4.90 Å². The molecule has 6 atom stereocenters. The van der Waals surface area contributed by atoms with E-state index in [9.17, 15) is 15.0 Å². The number of rotatable bonds is 6. The predicted octanol–water partition coefficient (Wildman–Crippen LogP) is 8.60. The second-order valence-electron chi connectivity index (χ2n) is 15.6. The number of fused-ring (bicyclic) bond motifs is 2. The maximum atomic E-state index is 16.2. The van der Waals surface area contributed by atoms with Crippen LogP contribution in [0.1, 0.15) is 88.5 Å². The lowest BCUT2D eigenvalue weighted by molar-refractivity contribution is -0.222. The van der Waals surface area contributed by atoms with E-state index in [-0.39, 0.29) is 17.5 Å². The minimum absolute atomic E-state index is 0.0336. The van der Waals surface area contributed by atoms with Gasteiger partial charge in [0.2, 0.25) is 0 Å². The molecule has 4 aliphatic rings. The first-order valence-corrected chi connectivity index (χ1v) is 19.9. The van der Waals surface area contributed by atoms with Crippen LogP contribution in [-0.2, 0) is 15.8 Å². The maximum absolute atomic E-state index is 16.2. The number of hydrogen-bond acceptors (Lipinski definition) is 8. The van der Waals surface area contributed by atoms with Gasteiger partial charge in [0, 0.05) is 34.6 Å². The van der Waals surface area contributed by atoms with Crippen LogP contribution in [0.5, 0.6) is 0 Å². The summed E-state index contributed by atoms with van der Waals surface area (Å²) < 4.78 is 39.5. The zero-order valence-electron chi connectivity index (χ0n) is 29.7. The highest BCUT2D eigenvalue weighted by atomic mass is 32.2. The first-order chi connectivity index (χ1) is 24.7. The summed E-state index contributed by atoms with van der Waals surface area (Å²) in [5.41, 5.74) is 1.92. The Morgan fingerprint density at radius 3 is 2.21 bits per heavy atom. The van der Waals surface area contributed by atoms with Crippen molar-refractivity contribution in [2.45, 2.75) is 99.6 Å². The number of carbonyl (C=O) groups is 1. The number of halogens is 2. The lowest BCUT2D eigenvalue weighted by Crippen LogP contribution is -2.62. The number of ether oxygens (including phenoxy) is 1.